The molecule has 0 radical (unpaired) electrons. The van der Waals surface area contributed by atoms with E-state index in [4.69, 9.17) is 5.11 Å². The normalized spacial score (nSPS) is 16.4. The second-order valence-corrected chi connectivity index (χ2v) is 5.25. The Labute approximate surface area is 113 Å². The molecule has 1 heterocycles. The first-order valence-corrected chi connectivity index (χ1v) is 6.66. The molecule has 1 saturated heterocycles. The number of hydrogen-bond donors (Lipinski definition) is 1. The number of carbonyl (C=O) groups is 2. The lowest BCUT2D eigenvalue weighted by Crippen LogP contribution is -2.38. The van der Waals surface area contributed by atoms with E-state index in [0.717, 1.165) is 31.5 Å². The zero-order valence-electron chi connectivity index (χ0n) is 11.1. The summed E-state index contributed by atoms with van der Waals surface area (Å²) in [6, 6.07) is 6.60. The molecule has 0 spiro atoms. The van der Waals surface area contributed by atoms with Gasteiger partial charge in [0.05, 0.1) is 12.0 Å². The Morgan fingerprint density at radius 2 is 2.00 bits per heavy atom. The van der Waals surface area contributed by atoms with Gasteiger partial charge in [-0.25, -0.2) is 4.79 Å². The van der Waals surface area contributed by atoms with E-state index in [-0.39, 0.29) is 17.9 Å². The molecule has 1 aliphatic rings. The van der Waals surface area contributed by atoms with Gasteiger partial charge in [-0.2, -0.15) is 0 Å². The predicted octanol–water partition coefficient (Wildman–Crippen LogP) is 2.19. The molecule has 1 aromatic carbocycles. The highest BCUT2D eigenvalue weighted by Gasteiger charge is 2.20. The summed E-state index contributed by atoms with van der Waals surface area (Å²) in [6.45, 7) is 3.84. The van der Waals surface area contributed by atoms with E-state index in [0.29, 0.717) is 5.92 Å². The predicted molar refractivity (Wildman–Crippen MR) is 72.1 cm³/mol. The first kappa shape index (κ1) is 13.6. The molecule has 1 N–H and O–H groups in total. The van der Waals surface area contributed by atoms with Gasteiger partial charge in [-0.3, -0.25) is 4.79 Å². The largest absolute Gasteiger partial charge is 0.478 e. The molecule has 19 heavy (non-hydrogen) atoms. The van der Waals surface area contributed by atoms with Gasteiger partial charge >= 0.3 is 5.97 Å². The summed E-state index contributed by atoms with van der Waals surface area (Å²) in [5, 5.41) is 8.93. The van der Waals surface area contributed by atoms with Crippen molar-refractivity contribution in [3.05, 3.63) is 35.4 Å². The molecular weight excluding hydrogens is 242 g/mol. The van der Waals surface area contributed by atoms with Crippen LogP contribution < -0.4 is 0 Å². The van der Waals surface area contributed by atoms with Gasteiger partial charge in [-0.15, -0.1) is 0 Å². The highest BCUT2D eigenvalue weighted by molar-refractivity contribution is 5.88. The zero-order chi connectivity index (χ0) is 13.8. The third-order valence-electron chi connectivity index (χ3n) is 3.67. The minimum atomic E-state index is -0.957. The Morgan fingerprint density at radius 3 is 2.63 bits per heavy atom. The van der Waals surface area contributed by atoms with E-state index < -0.39 is 5.97 Å². The number of rotatable bonds is 3. The van der Waals surface area contributed by atoms with Crippen LogP contribution in [0, 0.1) is 5.92 Å². The van der Waals surface area contributed by atoms with Crippen LogP contribution in [0.15, 0.2) is 24.3 Å². The summed E-state index contributed by atoms with van der Waals surface area (Å²) in [4.78, 5) is 24.9. The molecule has 102 valence electrons. The molecule has 0 bridgehead atoms. The molecule has 2 rings (SSSR count). The fourth-order valence-corrected chi connectivity index (χ4v) is 2.36. The summed E-state index contributed by atoms with van der Waals surface area (Å²) in [5.41, 5.74) is 1.00. The van der Waals surface area contributed by atoms with Crippen molar-refractivity contribution in [2.45, 2.75) is 26.2 Å². The average Bonchev–Trinajstić information content (AvgIpc) is 2.39. The smallest absolute Gasteiger partial charge is 0.335 e. The topological polar surface area (TPSA) is 57.6 Å². The van der Waals surface area contributed by atoms with Crippen LogP contribution in [0.3, 0.4) is 0 Å². The van der Waals surface area contributed by atoms with Crippen molar-refractivity contribution in [1.82, 2.24) is 4.90 Å². The van der Waals surface area contributed by atoms with Gasteiger partial charge in [-0.05, 0) is 36.5 Å². The minimum absolute atomic E-state index is 0.0921. The van der Waals surface area contributed by atoms with Crippen LogP contribution in [0.2, 0.25) is 0 Å². The molecule has 0 unspecified atom stereocenters. The van der Waals surface area contributed by atoms with Crippen molar-refractivity contribution in [2.24, 2.45) is 5.92 Å². The highest BCUT2D eigenvalue weighted by Crippen LogP contribution is 2.17. The molecule has 0 aliphatic carbocycles. The zero-order valence-corrected chi connectivity index (χ0v) is 11.1. The maximum atomic E-state index is 12.1. The Hall–Kier alpha value is -1.84. The third kappa shape index (κ3) is 3.56. The van der Waals surface area contributed by atoms with Crippen LogP contribution in [0.4, 0.5) is 0 Å². The number of likely N-dealkylation sites (tertiary alicyclic amines) is 1. The number of amides is 1. The van der Waals surface area contributed by atoms with Gasteiger partial charge in [-0.1, -0.05) is 19.1 Å². The van der Waals surface area contributed by atoms with Crippen LogP contribution >= 0.6 is 0 Å². The lowest BCUT2D eigenvalue weighted by molar-refractivity contribution is -0.131. The number of hydrogen-bond acceptors (Lipinski definition) is 2. The summed E-state index contributed by atoms with van der Waals surface area (Å²) in [7, 11) is 0. The van der Waals surface area contributed by atoms with Crippen molar-refractivity contribution < 1.29 is 14.7 Å². The number of aromatic carboxylic acids is 1. The van der Waals surface area contributed by atoms with E-state index in [1.807, 2.05) is 4.90 Å². The lowest BCUT2D eigenvalue weighted by atomic mass is 9.98. The van der Waals surface area contributed by atoms with Gasteiger partial charge in [0, 0.05) is 13.1 Å². The summed E-state index contributed by atoms with van der Waals surface area (Å²) in [6.07, 6.45) is 2.40. The molecule has 1 aliphatic heterocycles. The summed E-state index contributed by atoms with van der Waals surface area (Å²) >= 11 is 0. The van der Waals surface area contributed by atoms with Crippen LogP contribution in [0.25, 0.3) is 0 Å². The molecule has 0 saturated carbocycles. The Bertz CT molecular complexity index is 476. The maximum Gasteiger partial charge on any atom is 0.335 e. The molecule has 4 nitrogen and oxygen atoms in total. The van der Waals surface area contributed by atoms with Crippen molar-refractivity contribution in [2.75, 3.05) is 13.1 Å². The van der Waals surface area contributed by atoms with E-state index in [9.17, 15) is 9.59 Å². The van der Waals surface area contributed by atoms with Crippen molar-refractivity contribution in [3.63, 3.8) is 0 Å². The molecule has 0 atom stereocenters. The average molecular weight is 261 g/mol. The lowest BCUT2D eigenvalue weighted by Gasteiger charge is -2.30. The first-order valence-electron chi connectivity index (χ1n) is 6.66. The highest BCUT2D eigenvalue weighted by atomic mass is 16.4. The first-order chi connectivity index (χ1) is 9.06. The van der Waals surface area contributed by atoms with Crippen LogP contribution in [0.5, 0.6) is 0 Å². The van der Waals surface area contributed by atoms with Crippen LogP contribution in [-0.4, -0.2) is 35.0 Å². The van der Waals surface area contributed by atoms with Gasteiger partial charge in [0.15, 0.2) is 0 Å². The monoisotopic (exact) mass is 261 g/mol. The molecule has 1 fully saturated rings. The van der Waals surface area contributed by atoms with E-state index in [1.54, 1.807) is 24.3 Å². The van der Waals surface area contributed by atoms with Gasteiger partial charge < -0.3 is 10.0 Å². The molecule has 1 aromatic rings. The van der Waals surface area contributed by atoms with E-state index in [1.165, 1.54) is 0 Å². The number of carboxylic acid groups (broad SMARTS) is 1. The van der Waals surface area contributed by atoms with E-state index >= 15 is 0 Å². The number of carboxylic acids is 1. The molecular formula is C15H19NO3. The summed E-state index contributed by atoms with van der Waals surface area (Å²) in [5.74, 6) is -0.171. The van der Waals surface area contributed by atoms with E-state index in [2.05, 4.69) is 6.92 Å². The SMILES string of the molecule is CC1CCN(C(=O)Cc2cccc(C(=O)O)c2)CC1. The Kier molecular flexibility index (Phi) is 4.20. The maximum absolute atomic E-state index is 12.1. The molecule has 4 heteroatoms. The number of piperidine rings is 1. The van der Waals surface area contributed by atoms with Gasteiger partial charge in [0.1, 0.15) is 0 Å². The Morgan fingerprint density at radius 1 is 1.32 bits per heavy atom. The number of carbonyl (C=O) groups excluding carboxylic acids is 1. The second kappa shape index (κ2) is 5.87. The molecule has 1 amide bonds. The number of benzene rings is 1. The Balaban J connectivity index is 1.98. The van der Waals surface area contributed by atoms with Crippen LogP contribution in [0.1, 0.15) is 35.7 Å². The molecule has 0 aromatic heterocycles. The fourth-order valence-electron chi connectivity index (χ4n) is 2.36. The quantitative estimate of drug-likeness (QED) is 0.907. The van der Waals surface area contributed by atoms with Crippen molar-refractivity contribution >= 4 is 11.9 Å². The third-order valence-corrected chi connectivity index (χ3v) is 3.67. The fraction of sp³-hybridized carbons (Fsp3) is 0.467. The standard InChI is InChI=1S/C15H19NO3/c1-11-5-7-16(8-6-11)14(17)10-12-3-2-4-13(9-12)15(18)19/h2-4,9,11H,5-8,10H2,1H3,(H,18,19). The minimum Gasteiger partial charge on any atom is -0.478 e. The van der Waals surface area contributed by atoms with Crippen molar-refractivity contribution in [1.29, 1.82) is 0 Å². The summed E-state index contributed by atoms with van der Waals surface area (Å²) < 4.78 is 0. The van der Waals surface area contributed by atoms with Gasteiger partial charge in [0.2, 0.25) is 5.91 Å². The van der Waals surface area contributed by atoms with Crippen LogP contribution in [-0.2, 0) is 11.2 Å². The van der Waals surface area contributed by atoms with Crippen molar-refractivity contribution in [3.8, 4) is 0 Å². The second-order valence-electron chi connectivity index (χ2n) is 5.25. The van der Waals surface area contributed by atoms with Gasteiger partial charge in [0.25, 0.3) is 0 Å². The number of nitrogens with zero attached hydrogens (tertiary/aromatic N) is 1.